The summed E-state index contributed by atoms with van der Waals surface area (Å²) in [5.74, 6) is 0. The van der Waals surface area contributed by atoms with Gasteiger partial charge in [-0.15, -0.1) is 0 Å². The van der Waals surface area contributed by atoms with Crippen LogP contribution in [-0.4, -0.2) is 28.0 Å². The maximum Gasteiger partial charge on any atom is 0.140 e. The van der Waals surface area contributed by atoms with E-state index in [-0.39, 0.29) is 0 Å². The van der Waals surface area contributed by atoms with E-state index < -0.39 is 0 Å². The molecular formula is C16H17N3. The molecule has 0 fully saturated rings. The second kappa shape index (κ2) is 3.81. The number of likely N-dealkylation sites (N-methyl/N-ethyl adjacent to an activating group) is 1. The third-order valence-electron chi connectivity index (χ3n) is 4.12. The molecule has 0 bridgehead atoms. The molecule has 0 unspecified atom stereocenters. The number of para-hydroxylation sites is 1. The summed E-state index contributed by atoms with van der Waals surface area (Å²) in [6.07, 6.45) is 0. The molecule has 0 aliphatic carbocycles. The van der Waals surface area contributed by atoms with E-state index in [0.29, 0.717) is 0 Å². The van der Waals surface area contributed by atoms with Gasteiger partial charge in [-0.3, -0.25) is 4.90 Å². The van der Waals surface area contributed by atoms with Crippen LogP contribution in [0.1, 0.15) is 11.3 Å². The molecule has 0 radical (unpaired) electrons. The van der Waals surface area contributed by atoms with Gasteiger partial charge in [-0.1, -0.05) is 18.2 Å². The molecule has 3 nitrogen and oxygen atoms in total. The minimum Gasteiger partial charge on any atom is -0.327 e. The lowest BCUT2D eigenvalue weighted by atomic mass is 10.1. The largest absolute Gasteiger partial charge is 0.327 e. The number of aryl methyl sites for hydroxylation is 1. The number of aromatic nitrogens is 2. The van der Waals surface area contributed by atoms with Crippen LogP contribution in [0.25, 0.3) is 21.9 Å². The van der Waals surface area contributed by atoms with Crippen molar-refractivity contribution in [2.45, 2.75) is 20.0 Å². The SMILES string of the molecule is Cc1cccc2cc3cc4n(c3nc12)CCN(C)C4. The van der Waals surface area contributed by atoms with Gasteiger partial charge < -0.3 is 4.57 Å². The van der Waals surface area contributed by atoms with Crippen LogP contribution < -0.4 is 0 Å². The van der Waals surface area contributed by atoms with Crippen LogP contribution in [0.5, 0.6) is 0 Å². The van der Waals surface area contributed by atoms with Crippen LogP contribution >= 0.6 is 0 Å². The zero-order valence-electron chi connectivity index (χ0n) is 11.3. The smallest absolute Gasteiger partial charge is 0.140 e. The molecule has 3 heteroatoms. The zero-order valence-corrected chi connectivity index (χ0v) is 11.3. The van der Waals surface area contributed by atoms with E-state index in [1.165, 1.54) is 22.0 Å². The van der Waals surface area contributed by atoms with E-state index in [1.807, 2.05) is 0 Å². The number of fused-ring (bicyclic) bond motifs is 4. The van der Waals surface area contributed by atoms with Crippen LogP contribution in [0.2, 0.25) is 0 Å². The van der Waals surface area contributed by atoms with E-state index in [0.717, 1.165) is 30.8 Å². The highest BCUT2D eigenvalue weighted by molar-refractivity contribution is 5.93. The second-order valence-electron chi connectivity index (χ2n) is 5.57. The molecule has 1 aromatic carbocycles. The first-order valence-electron chi connectivity index (χ1n) is 6.79. The number of benzene rings is 1. The summed E-state index contributed by atoms with van der Waals surface area (Å²) in [5, 5.41) is 2.51. The Hall–Kier alpha value is -1.87. The molecule has 3 aromatic rings. The van der Waals surface area contributed by atoms with E-state index >= 15 is 0 Å². The molecule has 19 heavy (non-hydrogen) atoms. The van der Waals surface area contributed by atoms with Crippen molar-refractivity contribution >= 4 is 21.9 Å². The molecule has 1 aliphatic rings. The quantitative estimate of drug-likeness (QED) is 0.612. The van der Waals surface area contributed by atoms with Crippen molar-refractivity contribution in [1.82, 2.24) is 14.5 Å². The number of nitrogens with zero attached hydrogens (tertiary/aromatic N) is 3. The summed E-state index contributed by atoms with van der Waals surface area (Å²) in [7, 11) is 2.18. The highest BCUT2D eigenvalue weighted by Gasteiger charge is 2.17. The van der Waals surface area contributed by atoms with E-state index in [4.69, 9.17) is 4.98 Å². The Morgan fingerprint density at radius 3 is 2.89 bits per heavy atom. The topological polar surface area (TPSA) is 21.1 Å². The highest BCUT2D eigenvalue weighted by Crippen LogP contribution is 2.26. The van der Waals surface area contributed by atoms with Gasteiger partial charge in [0.05, 0.1) is 5.52 Å². The van der Waals surface area contributed by atoms with Crippen molar-refractivity contribution in [2.24, 2.45) is 0 Å². The first kappa shape index (κ1) is 11.0. The molecule has 1 aliphatic heterocycles. The zero-order chi connectivity index (χ0) is 13.0. The summed E-state index contributed by atoms with van der Waals surface area (Å²) < 4.78 is 2.38. The summed E-state index contributed by atoms with van der Waals surface area (Å²) in [4.78, 5) is 7.28. The molecule has 0 atom stereocenters. The minimum atomic E-state index is 1.02. The molecule has 0 saturated heterocycles. The van der Waals surface area contributed by atoms with E-state index in [9.17, 15) is 0 Å². The summed E-state index contributed by atoms with van der Waals surface area (Å²) in [6.45, 7) is 5.30. The van der Waals surface area contributed by atoms with Gasteiger partial charge in [-0.2, -0.15) is 0 Å². The Balaban J connectivity index is 2.06. The monoisotopic (exact) mass is 251 g/mol. The fourth-order valence-corrected chi connectivity index (χ4v) is 3.08. The number of pyridine rings is 1. The lowest BCUT2D eigenvalue weighted by Gasteiger charge is -2.24. The van der Waals surface area contributed by atoms with E-state index in [1.54, 1.807) is 0 Å². The Morgan fingerprint density at radius 2 is 2.00 bits per heavy atom. The number of hydrogen-bond donors (Lipinski definition) is 0. The van der Waals surface area contributed by atoms with Crippen molar-refractivity contribution in [1.29, 1.82) is 0 Å². The van der Waals surface area contributed by atoms with Gasteiger partial charge in [0.2, 0.25) is 0 Å². The van der Waals surface area contributed by atoms with Crippen molar-refractivity contribution in [2.75, 3.05) is 13.6 Å². The molecule has 0 saturated carbocycles. The summed E-state index contributed by atoms with van der Waals surface area (Å²) in [6, 6.07) is 11.0. The lowest BCUT2D eigenvalue weighted by molar-refractivity contribution is 0.272. The van der Waals surface area contributed by atoms with Gasteiger partial charge in [0, 0.05) is 36.1 Å². The van der Waals surface area contributed by atoms with Crippen LogP contribution in [0.4, 0.5) is 0 Å². The Kier molecular flexibility index (Phi) is 2.21. The first-order chi connectivity index (χ1) is 9.22. The summed E-state index contributed by atoms with van der Waals surface area (Å²) >= 11 is 0. The third kappa shape index (κ3) is 1.58. The van der Waals surface area contributed by atoms with Crippen molar-refractivity contribution in [3.05, 3.63) is 41.6 Å². The van der Waals surface area contributed by atoms with Gasteiger partial charge in [0.1, 0.15) is 5.65 Å². The molecule has 3 heterocycles. The van der Waals surface area contributed by atoms with Crippen molar-refractivity contribution < 1.29 is 0 Å². The second-order valence-corrected chi connectivity index (χ2v) is 5.57. The van der Waals surface area contributed by atoms with Crippen LogP contribution in [0.15, 0.2) is 30.3 Å². The molecule has 4 rings (SSSR count). The van der Waals surface area contributed by atoms with Gasteiger partial charge in [0.15, 0.2) is 0 Å². The maximum atomic E-state index is 4.92. The van der Waals surface area contributed by atoms with Crippen molar-refractivity contribution in [3.8, 4) is 0 Å². The predicted molar refractivity (Wildman–Crippen MR) is 78.3 cm³/mol. The highest BCUT2D eigenvalue weighted by atomic mass is 15.2. The fourth-order valence-electron chi connectivity index (χ4n) is 3.08. The fraction of sp³-hybridized carbons (Fsp3) is 0.312. The molecule has 0 amide bonds. The Labute approximate surface area is 112 Å². The molecule has 0 spiro atoms. The first-order valence-corrected chi connectivity index (χ1v) is 6.79. The summed E-state index contributed by atoms with van der Waals surface area (Å²) in [5.41, 5.74) is 4.91. The standard InChI is InChI=1S/C16H17N3/c1-11-4-3-5-12-8-13-9-14-10-18(2)6-7-19(14)16(13)17-15(11)12/h3-5,8-9H,6-7,10H2,1-2H3. The minimum absolute atomic E-state index is 1.02. The maximum absolute atomic E-state index is 4.92. The Morgan fingerprint density at radius 1 is 1.11 bits per heavy atom. The van der Waals surface area contributed by atoms with Crippen LogP contribution in [0, 0.1) is 6.92 Å². The Bertz CT molecular complexity index is 785. The molecule has 0 N–H and O–H groups in total. The van der Waals surface area contributed by atoms with Crippen molar-refractivity contribution in [3.63, 3.8) is 0 Å². The number of rotatable bonds is 0. The van der Waals surface area contributed by atoms with Gasteiger partial charge in [-0.25, -0.2) is 4.98 Å². The predicted octanol–water partition coefficient (Wildman–Crippen LogP) is 2.94. The van der Waals surface area contributed by atoms with Crippen LogP contribution in [0.3, 0.4) is 0 Å². The molecular weight excluding hydrogens is 234 g/mol. The van der Waals surface area contributed by atoms with E-state index in [2.05, 4.69) is 53.8 Å². The molecule has 2 aromatic heterocycles. The van der Waals surface area contributed by atoms with Gasteiger partial charge in [-0.05, 0) is 31.7 Å². The average Bonchev–Trinajstić information content (AvgIpc) is 2.73. The average molecular weight is 251 g/mol. The number of hydrogen-bond acceptors (Lipinski definition) is 2. The van der Waals surface area contributed by atoms with Gasteiger partial charge in [0.25, 0.3) is 0 Å². The lowest BCUT2D eigenvalue weighted by Crippen LogP contribution is -2.29. The normalized spacial score (nSPS) is 16.1. The van der Waals surface area contributed by atoms with Crippen LogP contribution in [-0.2, 0) is 13.1 Å². The van der Waals surface area contributed by atoms with Gasteiger partial charge >= 0.3 is 0 Å². The third-order valence-corrected chi connectivity index (χ3v) is 4.12. The molecule has 96 valence electrons.